The molecule has 4 nitrogen and oxygen atoms in total. The van der Waals surface area contributed by atoms with E-state index in [1.807, 2.05) is 19.0 Å². The first-order valence-corrected chi connectivity index (χ1v) is 6.47. The van der Waals surface area contributed by atoms with Gasteiger partial charge in [-0.25, -0.2) is 8.78 Å². The first-order chi connectivity index (χ1) is 9.41. The van der Waals surface area contributed by atoms with Gasteiger partial charge in [0.15, 0.2) is 0 Å². The predicted molar refractivity (Wildman–Crippen MR) is 74.0 cm³/mol. The van der Waals surface area contributed by atoms with Crippen molar-refractivity contribution in [2.75, 3.05) is 38.6 Å². The lowest BCUT2D eigenvalue weighted by molar-refractivity contribution is -0.136. The Morgan fingerprint density at radius 3 is 2.25 bits per heavy atom. The maximum Gasteiger partial charge on any atom is 0.305 e. The molecule has 6 heteroatoms. The summed E-state index contributed by atoms with van der Waals surface area (Å²) >= 11 is 0. The number of rotatable bonds is 8. The smallest absolute Gasteiger partial charge is 0.305 e. The Hall–Kier alpha value is -1.69. The summed E-state index contributed by atoms with van der Waals surface area (Å²) < 4.78 is 27.5. The molecule has 0 saturated heterocycles. The van der Waals surface area contributed by atoms with Crippen molar-refractivity contribution in [1.29, 1.82) is 0 Å². The summed E-state index contributed by atoms with van der Waals surface area (Å²) in [6.07, 6.45) is 0.538. The predicted octanol–water partition coefficient (Wildman–Crippen LogP) is 2.20. The Morgan fingerprint density at radius 2 is 1.75 bits per heavy atom. The summed E-state index contributed by atoms with van der Waals surface area (Å²) in [4.78, 5) is 14.1. The van der Waals surface area contributed by atoms with Gasteiger partial charge in [0.05, 0.1) is 6.42 Å². The molecule has 0 amide bonds. The molecule has 112 valence electrons. The van der Waals surface area contributed by atoms with Crippen LogP contribution in [0, 0.1) is 11.6 Å². The molecule has 0 aliphatic heterocycles. The number of benzene rings is 1. The number of carboxylic acid groups (broad SMARTS) is 1. The summed E-state index contributed by atoms with van der Waals surface area (Å²) in [6.45, 7) is 1.25. The molecule has 0 spiro atoms. The fourth-order valence-electron chi connectivity index (χ4n) is 1.93. The number of para-hydroxylation sites is 1. The second-order valence-corrected chi connectivity index (χ2v) is 4.86. The molecule has 1 aromatic carbocycles. The SMILES string of the molecule is CN(C)CCCN(CCC(=O)O)c1c(F)cccc1F. The van der Waals surface area contributed by atoms with Crippen LogP contribution in [-0.4, -0.2) is 49.7 Å². The third kappa shape index (κ3) is 5.13. The van der Waals surface area contributed by atoms with E-state index in [2.05, 4.69) is 0 Å². The van der Waals surface area contributed by atoms with Gasteiger partial charge in [-0.05, 0) is 39.2 Å². The van der Waals surface area contributed by atoms with Crippen LogP contribution in [0.2, 0.25) is 0 Å². The summed E-state index contributed by atoms with van der Waals surface area (Å²) in [5, 5.41) is 8.74. The van der Waals surface area contributed by atoms with Crippen LogP contribution in [-0.2, 0) is 4.79 Å². The largest absolute Gasteiger partial charge is 0.481 e. The lowest BCUT2D eigenvalue weighted by Gasteiger charge is -2.25. The second-order valence-electron chi connectivity index (χ2n) is 4.86. The van der Waals surface area contributed by atoms with Gasteiger partial charge in [-0.2, -0.15) is 0 Å². The molecule has 0 aliphatic carbocycles. The number of hydrogen-bond acceptors (Lipinski definition) is 3. The fourth-order valence-corrected chi connectivity index (χ4v) is 1.93. The molecule has 0 heterocycles. The zero-order valence-corrected chi connectivity index (χ0v) is 11.8. The highest BCUT2D eigenvalue weighted by Gasteiger charge is 2.17. The lowest BCUT2D eigenvalue weighted by atomic mass is 10.2. The average Bonchev–Trinajstić information content (AvgIpc) is 2.34. The average molecular weight is 286 g/mol. The highest BCUT2D eigenvalue weighted by molar-refractivity contribution is 5.67. The van der Waals surface area contributed by atoms with Crippen molar-refractivity contribution >= 4 is 11.7 Å². The van der Waals surface area contributed by atoms with E-state index in [9.17, 15) is 13.6 Å². The molecule has 0 aromatic heterocycles. The minimum atomic E-state index is -0.987. The number of carbonyl (C=O) groups is 1. The molecular formula is C14H20F2N2O2. The van der Waals surface area contributed by atoms with E-state index in [0.29, 0.717) is 13.0 Å². The van der Waals surface area contributed by atoms with Gasteiger partial charge >= 0.3 is 5.97 Å². The molecule has 1 aromatic rings. The molecule has 0 saturated carbocycles. The van der Waals surface area contributed by atoms with Gasteiger partial charge in [-0.15, -0.1) is 0 Å². The Labute approximate surface area is 117 Å². The van der Waals surface area contributed by atoms with Gasteiger partial charge in [0, 0.05) is 13.1 Å². The molecular weight excluding hydrogens is 266 g/mol. The van der Waals surface area contributed by atoms with Gasteiger partial charge in [-0.1, -0.05) is 6.07 Å². The first kappa shape index (κ1) is 16.4. The first-order valence-electron chi connectivity index (χ1n) is 6.47. The van der Waals surface area contributed by atoms with E-state index in [1.165, 1.54) is 23.1 Å². The summed E-state index contributed by atoms with van der Waals surface area (Å²) in [5.41, 5.74) is -0.146. The van der Waals surface area contributed by atoms with Crippen LogP contribution < -0.4 is 4.90 Å². The Balaban J connectivity index is 2.82. The zero-order chi connectivity index (χ0) is 15.1. The van der Waals surface area contributed by atoms with Crippen molar-refractivity contribution in [1.82, 2.24) is 4.90 Å². The van der Waals surface area contributed by atoms with Gasteiger partial charge < -0.3 is 14.9 Å². The molecule has 0 atom stereocenters. The maximum atomic E-state index is 13.8. The van der Waals surface area contributed by atoms with Crippen molar-refractivity contribution in [3.8, 4) is 0 Å². The van der Waals surface area contributed by atoms with Gasteiger partial charge in [-0.3, -0.25) is 4.79 Å². The third-order valence-corrected chi connectivity index (χ3v) is 2.88. The summed E-state index contributed by atoms with van der Waals surface area (Å²) in [7, 11) is 3.82. The Bertz CT molecular complexity index is 433. The number of carboxylic acids is 1. The van der Waals surface area contributed by atoms with Crippen LogP contribution in [0.4, 0.5) is 14.5 Å². The Morgan fingerprint density at radius 1 is 1.15 bits per heavy atom. The highest BCUT2D eigenvalue weighted by Crippen LogP contribution is 2.23. The normalized spacial score (nSPS) is 10.8. The number of hydrogen-bond donors (Lipinski definition) is 1. The minimum Gasteiger partial charge on any atom is -0.481 e. The van der Waals surface area contributed by atoms with E-state index in [1.54, 1.807) is 0 Å². The van der Waals surface area contributed by atoms with E-state index >= 15 is 0 Å². The van der Waals surface area contributed by atoms with Crippen LogP contribution in [0.1, 0.15) is 12.8 Å². The van der Waals surface area contributed by atoms with E-state index in [4.69, 9.17) is 5.11 Å². The monoisotopic (exact) mass is 286 g/mol. The minimum absolute atomic E-state index is 0.0839. The van der Waals surface area contributed by atoms with Crippen LogP contribution in [0.15, 0.2) is 18.2 Å². The molecule has 1 rings (SSSR count). The van der Waals surface area contributed by atoms with Crippen molar-refractivity contribution in [2.24, 2.45) is 0 Å². The molecule has 0 radical (unpaired) electrons. The van der Waals surface area contributed by atoms with Gasteiger partial charge in [0.2, 0.25) is 0 Å². The summed E-state index contributed by atoms with van der Waals surface area (Å²) in [6, 6.07) is 3.65. The van der Waals surface area contributed by atoms with Crippen molar-refractivity contribution < 1.29 is 18.7 Å². The van der Waals surface area contributed by atoms with E-state index in [0.717, 1.165) is 6.54 Å². The van der Waals surface area contributed by atoms with E-state index < -0.39 is 17.6 Å². The third-order valence-electron chi connectivity index (χ3n) is 2.88. The van der Waals surface area contributed by atoms with Crippen molar-refractivity contribution in [3.63, 3.8) is 0 Å². The van der Waals surface area contributed by atoms with Crippen LogP contribution in [0.3, 0.4) is 0 Å². The number of aliphatic carboxylic acids is 1. The van der Waals surface area contributed by atoms with Gasteiger partial charge in [0.25, 0.3) is 0 Å². The second kappa shape index (κ2) is 7.79. The standard InChI is InChI=1S/C14H20F2N2O2/c1-17(2)8-4-9-18(10-7-13(19)20)14-11(15)5-3-6-12(14)16/h3,5-6H,4,7-10H2,1-2H3,(H,19,20). The van der Waals surface area contributed by atoms with Gasteiger partial charge in [0.1, 0.15) is 17.3 Å². The molecule has 0 fully saturated rings. The Kier molecular flexibility index (Phi) is 6.38. The lowest BCUT2D eigenvalue weighted by Crippen LogP contribution is -2.31. The molecule has 0 bridgehead atoms. The van der Waals surface area contributed by atoms with Crippen molar-refractivity contribution in [3.05, 3.63) is 29.8 Å². The quantitative estimate of drug-likeness (QED) is 0.795. The van der Waals surface area contributed by atoms with Crippen LogP contribution in [0.5, 0.6) is 0 Å². The molecule has 0 unspecified atom stereocenters. The van der Waals surface area contributed by atoms with Crippen LogP contribution in [0.25, 0.3) is 0 Å². The molecule has 20 heavy (non-hydrogen) atoms. The van der Waals surface area contributed by atoms with Crippen molar-refractivity contribution in [2.45, 2.75) is 12.8 Å². The highest BCUT2D eigenvalue weighted by atomic mass is 19.1. The topological polar surface area (TPSA) is 43.8 Å². The maximum absolute atomic E-state index is 13.8. The number of nitrogens with zero attached hydrogens (tertiary/aromatic N) is 2. The fraction of sp³-hybridized carbons (Fsp3) is 0.500. The molecule has 1 N–H and O–H groups in total. The van der Waals surface area contributed by atoms with Crippen LogP contribution >= 0.6 is 0 Å². The number of halogens is 2. The number of anilines is 1. The van der Waals surface area contributed by atoms with E-state index in [-0.39, 0.29) is 18.7 Å². The summed E-state index contributed by atoms with van der Waals surface area (Å²) in [5.74, 6) is -2.32. The molecule has 0 aliphatic rings. The zero-order valence-electron chi connectivity index (χ0n) is 11.8.